The van der Waals surface area contributed by atoms with Crippen LogP contribution in [0.3, 0.4) is 0 Å². The lowest BCUT2D eigenvalue weighted by molar-refractivity contribution is -0.116. The molecule has 0 radical (unpaired) electrons. The summed E-state index contributed by atoms with van der Waals surface area (Å²) in [5, 5.41) is 14.9. The summed E-state index contributed by atoms with van der Waals surface area (Å²) in [5.41, 5.74) is 0.886. The number of rotatable bonds is 6. The first-order valence-corrected chi connectivity index (χ1v) is 9.82. The van der Waals surface area contributed by atoms with Crippen LogP contribution in [-0.4, -0.2) is 30.0 Å². The van der Waals surface area contributed by atoms with E-state index in [1.165, 1.54) is 22.6 Å². The maximum atomic E-state index is 12.7. The molecule has 30 heavy (non-hydrogen) atoms. The van der Waals surface area contributed by atoms with Crippen LogP contribution in [-0.2, 0) is 16.1 Å². The van der Waals surface area contributed by atoms with Gasteiger partial charge in [0, 0.05) is 38.1 Å². The largest absolute Gasteiger partial charge is 0.360 e. The first-order valence-electron chi connectivity index (χ1n) is 9.00. The molecule has 0 fully saturated rings. The quantitative estimate of drug-likeness (QED) is 0.645. The van der Waals surface area contributed by atoms with E-state index in [-0.39, 0.29) is 28.2 Å². The molecule has 0 aliphatic rings. The molecular weight excluding hydrogens is 402 g/mol. The number of nitrogens with one attached hydrogen (secondary N) is 2. The monoisotopic (exact) mass is 423 g/mol. The van der Waals surface area contributed by atoms with E-state index in [2.05, 4.69) is 16.6 Å². The molecule has 0 aliphatic carbocycles. The smallest absolute Gasteiger partial charge is 0.270 e. The molecule has 154 valence electrons. The van der Waals surface area contributed by atoms with Crippen LogP contribution in [0, 0.1) is 23.7 Å². The van der Waals surface area contributed by atoms with Gasteiger partial charge in [0.2, 0.25) is 5.91 Å². The molecule has 0 saturated carbocycles. The minimum absolute atomic E-state index is 0.0165. The van der Waals surface area contributed by atoms with Crippen molar-refractivity contribution in [3.8, 4) is 18.4 Å². The number of hydrogen-bond acceptors (Lipinski definition) is 6. The van der Waals surface area contributed by atoms with Gasteiger partial charge in [0.1, 0.15) is 15.3 Å². The standard InChI is InChI=1S/C21H21N5O3S/c1-5-10-23-19(28)17(12-22)21-26(6-2)20(29)18(30-21)13-24-15-8-7-9-16(11-15)25(4)14(3)27/h1,7-9,11,13,24H,6,10H2,2-4H3,(H,23,28). The van der Waals surface area contributed by atoms with Gasteiger partial charge in [-0.2, -0.15) is 5.26 Å². The molecule has 2 rings (SSSR count). The Balaban J connectivity index is 2.50. The average molecular weight is 423 g/mol. The third kappa shape index (κ3) is 4.96. The molecule has 0 spiro atoms. The fourth-order valence-corrected chi connectivity index (χ4v) is 3.63. The highest BCUT2D eigenvalue weighted by atomic mass is 32.1. The number of benzene rings is 1. The Kier molecular flexibility index (Phi) is 7.56. The average Bonchev–Trinajstić information content (AvgIpc) is 3.05. The molecule has 0 saturated heterocycles. The Hall–Kier alpha value is -3.82. The van der Waals surface area contributed by atoms with Crippen LogP contribution in [0.15, 0.2) is 29.1 Å². The highest BCUT2D eigenvalue weighted by molar-refractivity contribution is 7.07. The summed E-state index contributed by atoms with van der Waals surface area (Å²) >= 11 is 1.04. The second kappa shape index (κ2) is 10.1. The molecule has 2 N–H and O–H groups in total. The zero-order valence-electron chi connectivity index (χ0n) is 16.9. The molecule has 1 heterocycles. The van der Waals surface area contributed by atoms with Crippen molar-refractivity contribution in [2.45, 2.75) is 20.4 Å². The molecule has 1 aromatic heterocycles. The SMILES string of the molecule is C#CCNC(=O)C(C#N)=c1sc(=CNc2cccc(N(C)C(C)=O)c2)c(=O)n1CC. The fraction of sp³-hybridized carbons (Fsp3) is 0.238. The zero-order valence-corrected chi connectivity index (χ0v) is 17.7. The van der Waals surface area contributed by atoms with Crippen LogP contribution < -0.4 is 30.3 Å². The predicted molar refractivity (Wildman–Crippen MR) is 118 cm³/mol. The lowest BCUT2D eigenvalue weighted by Crippen LogP contribution is -2.34. The molecule has 0 bridgehead atoms. The second-order valence-electron chi connectivity index (χ2n) is 6.11. The first-order chi connectivity index (χ1) is 14.3. The Morgan fingerprint density at radius 1 is 1.40 bits per heavy atom. The number of anilines is 2. The molecule has 0 aliphatic heterocycles. The first kappa shape index (κ1) is 22.5. The van der Waals surface area contributed by atoms with E-state index >= 15 is 0 Å². The van der Waals surface area contributed by atoms with Crippen LogP contribution >= 0.6 is 11.3 Å². The summed E-state index contributed by atoms with van der Waals surface area (Å²) in [6, 6.07) is 9.00. The van der Waals surface area contributed by atoms with Gasteiger partial charge in [0.15, 0.2) is 5.57 Å². The summed E-state index contributed by atoms with van der Waals surface area (Å²) in [6.07, 6.45) is 6.66. The maximum Gasteiger partial charge on any atom is 0.270 e. The molecule has 8 nitrogen and oxygen atoms in total. The van der Waals surface area contributed by atoms with E-state index < -0.39 is 5.91 Å². The summed E-state index contributed by atoms with van der Waals surface area (Å²) < 4.78 is 1.96. The van der Waals surface area contributed by atoms with E-state index in [0.29, 0.717) is 22.5 Å². The van der Waals surface area contributed by atoms with Gasteiger partial charge in [-0.05, 0) is 25.1 Å². The van der Waals surface area contributed by atoms with Crippen molar-refractivity contribution in [3.05, 3.63) is 43.8 Å². The van der Waals surface area contributed by atoms with Gasteiger partial charge in [-0.3, -0.25) is 19.0 Å². The Morgan fingerprint density at radius 2 is 2.13 bits per heavy atom. The van der Waals surface area contributed by atoms with Gasteiger partial charge in [-0.1, -0.05) is 12.0 Å². The van der Waals surface area contributed by atoms with Crippen molar-refractivity contribution in [1.29, 1.82) is 5.26 Å². The van der Waals surface area contributed by atoms with Gasteiger partial charge in [-0.15, -0.1) is 17.8 Å². The number of aromatic nitrogens is 1. The normalized spacial score (nSPS) is 11.8. The number of nitriles is 1. The van der Waals surface area contributed by atoms with Crippen LogP contribution in [0.4, 0.5) is 11.4 Å². The molecule has 2 aromatic rings. The number of carbonyl (C=O) groups excluding carboxylic acids is 2. The lowest BCUT2D eigenvalue weighted by atomic mass is 10.2. The molecule has 9 heteroatoms. The van der Waals surface area contributed by atoms with Crippen molar-refractivity contribution in [2.75, 3.05) is 23.8 Å². The minimum atomic E-state index is -0.626. The Labute approximate surface area is 177 Å². The van der Waals surface area contributed by atoms with E-state index in [0.717, 1.165) is 11.3 Å². The topological polar surface area (TPSA) is 107 Å². The van der Waals surface area contributed by atoms with E-state index in [1.54, 1.807) is 38.2 Å². The van der Waals surface area contributed by atoms with Crippen molar-refractivity contribution < 1.29 is 9.59 Å². The van der Waals surface area contributed by atoms with E-state index in [4.69, 9.17) is 6.42 Å². The van der Waals surface area contributed by atoms with E-state index in [9.17, 15) is 19.6 Å². The number of thiazole rings is 1. The predicted octanol–water partition coefficient (Wildman–Crippen LogP) is 0.186. The van der Waals surface area contributed by atoms with Gasteiger partial charge in [0.05, 0.1) is 6.54 Å². The molecule has 0 unspecified atom stereocenters. The molecule has 1 aromatic carbocycles. The molecular formula is C21H21N5O3S. The van der Waals surface area contributed by atoms with Crippen molar-refractivity contribution in [3.63, 3.8) is 0 Å². The number of carbonyl (C=O) groups is 2. The lowest BCUT2D eigenvalue weighted by Gasteiger charge is -2.15. The van der Waals surface area contributed by atoms with Crippen molar-refractivity contribution in [1.82, 2.24) is 9.88 Å². The third-order valence-electron chi connectivity index (χ3n) is 4.20. The van der Waals surface area contributed by atoms with Crippen LogP contribution in [0.25, 0.3) is 11.8 Å². The van der Waals surface area contributed by atoms with Crippen molar-refractivity contribution >= 4 is 46.3 Å². The zero-order chi connectivity index (χ0) is 22.3. The summed E-state index contributed by atoms with van der Waals surface area (Å²) in [5.74, 6) is 1.54. The third-order valence-corrected chi connectivity index (χ3v) is 5.33. The molecule has 0 atom stereocenters. The van der Waals surface area contributed by atoms with Gasteiger partial charge < -0.3 is 15.5 Å². The highest BCUT2D eigenvalue weighted by Crippen LogP contribution is 2.18. The highest BCUT2D eigenvalue weighted by Gasteiger charge is 2.14. The Morgan fingerprint density at radius 3 is 2.73 bits per heavy atom. The Bertz CT molecular complexity index is 1230. The van der Waals surface area contributed by atoms with Crippen LogP contribution in [0.1, 0.15) is 13.8 Å². The summed E-state index contributed by atoms with van der Waals surface area (Å²) in [6.45, 7) is 3.50. The van der Waals surface area contributed by atoms with Crippen LogP contribution in [0.2, 0.25) is 0 Å². The summed E-state index contributed by atoms with van der Waals surface area (Å²) in [4.78, 5) is 38.0. The van der Waals surface area contributed by atoms with Gasteiger partial charge >= 0.3 is 0 Å². The number of nitrogens with zero attached hydrogens (tertiary/aromatic N) is 3. The second-order valence-corrected chi connectivity index (χ2v) is 7.14. The fourth-order valence-electron chi connectivity index (χ4n) is 2.54. The number of terminal acetylenes is 1. The minimum Gasteiger partial charge on any atom is -0.360 e. The van der Waals surface area contributed by atoms with Crippen molar-refractivity contribution in [2.24, 2.45) is 0 Å². The van der Waals surface area contributed by atoms with E-state index in [1.807, 2.05) is 6.07 Å². The van der Waals surface area contributed by atoms with Crippen LogP contribution in [0.5, 0.6) is 0 Å². The van der Waals surface area contributed by atoms with Gasteiger partial charge in [-0.25, -0.2) is 0 Å². The number of amides is 2. The summed E-state index contributed by atoms with van der Waals surface area (Å²) in [7, 11) is 1.67. The number of hydrogen-bond donors (Lipinski definition) is 2. The molecule has 2 amide bonds. The van der Waals surface area contributed by atoms with Gasteiger partial charge in [0.25, 0.3) is 11.5 Å². The maximum absolute atomic E-state index is 12.7.